The second-order valence-electron chi connectivity index (χ2n) is 4.68. The molecule has 0 aliphatic heterocycles. The van der Waals surface area contributed by atoms with Crippen molar-refractivity contribution >= 4 is 18.3 Å². The molecule has 0 aromatic heterocycles. The minimum atomic E-state index is -0.465. The predicted molar refractivity (Wildman–Crippen MR) is 86.0 cm³/mol. The summed E-state index contributed by atoms with van der Waals surface area (Å²) in [5.41, 5.74) is 6.79. The van der Waals surface area contributed by atoms with Crippen LogP contribution >= 0.6 is 12.4 Å². The summed E-state index contributed by atoms with van der Waals surface area (Å²) >= 11 is 0. The smallest absolute Gasteiger partial charge is 0.236 e. The van der Waals surface area contributed by atoms with Crippen LogP contribution in [0.15, 0.2) is 30.3 Å². The molecular weight excluding hydrogens is 274 g/mol. The number of nitrogens with two attached hydrogens (primary N) is 1. The maximum Gasteiger partial charge on any atom is 0.236 e. The summed E-state index contributed by atoms with van der Waals surface area (Å²) in [6.45, 7) is 8.45. The van der Waals surface area contributed by atoms with Crippen molar-refractivity contribution in [1.29, 1.82) is 0 Å². The number of amides is 1. The number of halogens is 1. The quantitative estimate of drug-likeness (QED) is 0.809. The van der Waals surface area contributed by atoms with Gasteiger partial charge >= 0.3 is 0 Å². The lowest BCUT2D eigenvalue weighted by Gasteiger charge is -2.30. The topological polar surface area (TPSA) is 58.4 Å². The van der Waals surface area contributed by atoms with Crippen LogP contribution in [0.3, 0.4) is 0 Å². The van der Waals surface area contributed by atoms with E-state index in [1.807, 2.05) is 18.2 Å². The van der Waals surface area contributed by atoms with Crippen molar-refractivity contribution in [2.24, 2.45) is 5.73 Å². The van der Waals surface area contributed by atoms with Gasteiger partial charge in [0.1, 0.15) is 0 Å². The van der Waals surface area contributed by atoms with Crippen molar-refractivity contribution in [2.45, 2.75) is 32.9 Å². The average molecular weight is 300 g/mol. The van der Waals surface area contributed by atoms with Crippen LogP contribution in [0.4, 0.5) is 0 Å². The van der Waals surface area contributed by atoms with Gasteiger partial charge in [0.05, 0.1) is 12.1 Å². The van der Waals surface area contributed by atoms with E-state index in [0.717, 1.165) is 13.1 Å². The molecule has 0 aliphatic carbocycles. The Bertz CT molecular complexity index is 380. The third-order valence-corrected chi connectivity index (χ3v) is 3.32. The van der Waals surface area contributed by atoms with Gasteiger partial charge in [-0.1, -0.05) is 44.2 Å². The number of nitrogens with one attached hydrogen (secondary N) is 1. The fraction of sp³-hybridized carbons (Fsp3) is 0.533. The Labute approximate surface area is 128 Å². The molecule has 0 fully saturated rings. The zero-order valence-corrected chi connectivity index (χ0v) is 13.3. The highest BCUT2D eigenvalue weighted by atomic mass is 35.5. The first-order valence-electron chi connectivity index (χ1n) is 6.92. The summed E-state index contributed by atoms with van der Waals surface area (Å²) in [4.78, 5) is 14.0. The molecule has 0 saturated heterocycles. The molecule has 20 heavy (non-hydrogen) atoms. The van der Waals surface area contributed by atoms with Gasteiger partial charge in [-0.05, 0) is 25.6 Å². The van der Waals surface area contributed by atoms with Crippen LogP contribution < -0.4 is 11.1 Å². The number of benzene rings is 1. The first kappa shape index (κ1) is 18.9. The minimum Gasteiger partial charge on any atom is -0.353 e. The Hall–Kier alpha value is -1.10. The monoisotopic (exact) mass is 299 g/mol. The molecule has 5 heteroatoms. The highest BCUT2D eigenvalue weighted by Crippen LogP contribution is 2.19. The molecule has 0 bridgehead atoms. The highest BCUT2D eigenvalue weighted by molar-refractivity contribution is 5.85. The lowest BCUT2D eigenvalue weighted by Crippen LogP contribution is -2.43. The number of rotatable bonds is 7. The lowest BCUT2D eigenvalue weighted by atomic mass is 10.0. The molecule has 1 rings (SSSR count). The molecule has 0 aliphatic rings. The fourth-order valence-corrected chi connectivity index (χ4v) is 2.16. The molecule has 0 radical (unpaired) electrons. The number of hydrogen-bond acceptors (Lipinski definition) is 3. The van der Waals surface area contributed by atoms with E-state index in [4.69, 9.17) is 5.73 Å². The second kappa shape index (κ2) is 9.75. The molecule has 2 unspecified atom stereocenters. The number of nitrogens with zero attached hydrogens (tertiary/aromatic N) is 1. The Morgan fingerprint density at radius 3 is 2.25 bits per heavy atom. The second-order valence-corrected chi connectivity index (χ2v) is 4.68. The SMILES string of the molecule is CCN(CC)C(CNC(=O)C(C)N)c1ccccc1.Cl. The van der Waals surface area contributed by atoms with E-state index >= 15 is 0 Å². The van der Waals surface area contributed by atoms with Crippen molar-refractivity contribution in [3.8, 4) is 0 Å². The third kappa shape index (κ3) is 5.49. The van der Waals surface area contributed by atoms with Gasteiger partial charge in [0.25, 0.3) is 0 Å². The molecular formula is C15H26ClN3O. The van der Waals surface area contributed by atoms with E-state index in [2.05, 4.69) is 36.2 Å². The Balaban J connectivity index is 0.00000361. The van der Waals surface area contributed by atoms with Crippen LogP contribution in [-0.4, -0.2) is 36.5 Å². The summed E-state index contributed by atoms with van der Waals surface area (Å²) in [7, 11) is 0. The zero-order chi connectivity index (χ0) is 14.3. The van der Waals surface area contributed by atoms with E-state index < -0.39 is 6.04 Å². The summed E-state index contributed by atoms with van der Waals surface area (Å²) in [6.07, 6.45) is 0. The maximum atomic E-state index is 11.6. The molecule has 2 atom stereocenters. The van der Waals surface area contributed by atoms with Crippen LogP contribution in [0.1, 0.15) is 32.4 Å². The average Bonchev–Trinajstić information content (AvgIpc) is 2.43. The molecule has 1 aromatic rings. The molecule has 0 spiro atoms. The number of carbonyl (C=O) groups excluding carboxylic acids is 1. The minimum absolute atomic E-state index is 0. The maximum absolute atomic E-state index is 11.6. The third-order valence-electron chi connectivity index (χ3n) is 3.32. The fourth-order valence-electron chi connectivity index (χ4n) is 2.16. The molecule has 0 saturated carbocycles. The van der Waals surface area contributed by atoms with E-state index in [1.54, 1.807) is 6.92 Å². The van der Waals surface area contributed by atoms with E-state index in [0.29, 0.717) is 6.54 Å². The van der Waals surface area contributed by atoms with Crippen LogP contribution in [0.2, 0.25) is 0 Å². The standard InChI is InChI=1S/C15H25N3O.ClH/c1-4-18(5-2)14(11-17-15(19)12(3)16)13-9-7-6-8-10-13;/h6-10,12,14H,4-5,11,16H2,1-3H3,(H,17,19);1H. The van der Waals surface area contributed by atoms with Gasteiger partial charge in [-0.2, -0.15) is 0 Å². The van der Waals surface area contributed by atoms with Crippen molar-refractivity contribution in [1.82, 2.24) is 10.2 Å². The molecule has 1 amide bonds. The summed E-state index contributed by atoms with van der Waals surface area (Å²) < 4.78 is 0. The van der Waals surface area contributed by atoms with Crippen molar-refractivity contribution < 1.29 is 4.79 Å². The normalized spacial score (nSPS) is 13.4. The molecule has 1 aromatic carbocycles. The van der Waals surface area contributed by atoms with E-state index in [1.165, 1.54) is 5.56 Å². The Morgan fingerprint density at radius 1 is 1.25 bits per heavy atom. The summed E-state index contributed by atoms with van der Waals surface area (Å²) in [5.74, 6) is -0.104. The summed E-state index contributed by atoms with van der Waals surface area (Å²) in [6, 6.07) is 9.98. The van der Waals surface area contributed by atoms with Gasteiger partial charge in [0.15, 0.2) is 0 Å². The molecule has 0 heterocycles. The predicted octanol–water partition coefficient (Wildman–Crippen LogP) is 1.95. The van der Waals surface area contributed by atoms with Gasteiger partial charge < -0.3 is 11.1 Å². The zero-order valence-electron chi connectivity index (χ0n) is 12.5. The van der Waals surface area contributed by atoms with Gasteiger partial charge in [-0.3, -0.25) is 9.69 Å². The van der Waals surface area contributed by atoms with Gasteiger partial charge in [0.2, 0.25) is 5.91 Å². The van der Waals surface area contributed by atoms with E-state index in [-0.39, 0.29) is 24.4 Å². The molecule has 114 valence electrons. The van der Waals surface area contributed by atoms with Crippen molar-refractivity contribution in [2.75, 3.05) is 19.6 Å². The van der Waals surface area contributed by atoms with Crippen LogP contribution in [0.25, 0.3) is 0 Å². The largest absolute Gasteiger partial charge is 0.353 e. The highest BCUT2D eigenvalue weighted by Gasteiger charge is 2.19. The number of hydrogen-bond donors (Lipinski definition) is 2. The molecule has 4 nitrogen and oxygen atoms in total. The van der Waals surface area contributed by atoms with E-state index in [9.17, 15) is 4.79 Å². The van der Waals surface area contributed by atoms with Gasteiger partial charge in [0, 0.05) is 6.54 Å². The van der Waals surface area contributed by atoms with Crippen molar-refractivity contribution in [3.05, 3.63) is 35.9 Å². The Morgan fingerprint density at radius 2 is 1.80 bits per heavy atom. The molecule has 3 N–H and O–H groups in total. The van der Waals surface area contributed by atoms with Crippen LogP contribution in [0.5, 0.6) is 0 Å². The van der Waals surface area contributed by atoms with Crippen molar-refractivity contribution in [3.63, 3.8) is 0 Å². The van der Waals surface area contributed by atoms with Gasteiger partial charge in [-0.25, -0.2) is 0 Å². The summed E-state index contributed by atoms with van der Waals surface area (Å²) in [5, 5.41) is 2.92. The van der Waals surface area contributed by atoms with Crippen LogP contribution in [-0.2, 0) is 4.79 Å². The number of likely N-dealkylation sites (N-methyl/N-ethyl adjacent to an activating group) is 1. The van der Waals surface area contributed by atoms with Crippen LogP contribution in [0, 0.1) is 0 Å². The van der Waals surface area contributed by atoms with Gasteiger partial charge in [-0.15, -0.1) is 12.4 Å². The first-order valence-corrected chi connectivity index (χ1v) is 6.92. The number of carbonyl (C=O) groups is 1. The Kier molecular flexibility index (Phi) is 9.21. The first-order chi connectivity index (χ1) is 9.10. The lowest BCUT2D eigenvalue weighted by molar-refractivity contribution is -0.122.